The van der Waals surface area contributed by atoms with Crippen LogP contribution in [0.15, 0.2) is 46.8 Å². The summed E-state index contributed by atoms with van der Waals surface area (Å²) in [4.78, 5) is 0.721. The zero-order chi connectivity index (χ0) is 13.7. The van der Waals surface area contributed by atoms with E-state index in [1.165, 1.54) is 0 Å². The first-order valence-corrected chi connectivity index (χ1v) is 7.04. The number of thiocyanates is 1. The Hall–Kier alpha value is -0.950. The van der Waals surface area contributed by atoms with Gasteiger partial charge in [-0.1, -0.05) is 58.9 Å². The molecule has 92 valence electrons. The van der Waals surface area contributed by atoms with Crippen molar-refractivity contribution in [3.8, 4) is 5.40 Å². The summed E-state index contributed by atoms with van der Waals surface area (Å²) in [5.74, 6) is 0. The van der Waals surface area contributed by atoms with Crippen molar-refractivity contribution in [2.45, 2.75) is 6.92 Å². The normalized spacial score (nSPS) is 11.4. The Morgan fingerprint density at radius 1 is 1.56 bits per heavy atom. The van der Waals surface area contributed by atoms with E-state index in [-0.39, 0.29) is 0 Å². The standard InChI is InChI=1S/C14H11BrClNS/c1-4-11(14(10(3)15)18-8-17)12-6-5-9(2)7-13(12)16/h4-7H,1,3H2,2H3/b14-11-. The number of rotatable bonds is 4. The molecule has 0 heterocycles. The Bertz CT molecular complexity index is 570. The van der Waals surface area contributed by atoms with E-state index in [0.717, 1.165) is 33.4 Å². The van der Waals surface area contributed by atoms with Gasteiger partial charge in [-0.25, -0.2) is 0 Å². The minimum absolute atomic E-state index is 0.634. The molecule has 1 aromatic carbocycles. The fourth-order valence-corrected chi connectivity index (χ4v) is 2.76. The van der Waals surface area contributed by atoms with Crippen LogP contribution in [0.2, 0.25) is 5.02 Å². The largest absolute Gasteiger partial charge is 0.185 e. The highest BCUT2D eigenvalue weighted by Gasteiger charge is 2.12. The summed E-state index contributed by atoms with van der Waals surface area (Å²) in [6, 6.07) is 5.77. The maximum Gasteiger partial charge on any atom is 0.138 e. The van der Waals surface area contributed by atoms with Gasteiger partial charge in [0.25, 0.3) is 0 Å². The van der Waals surface area contributed by atoms with Crippen LogP contribution < -0.4 is 0 Å². The number of benzene rings is 1. The van der Waals surface area contributed by atoms with Crippen LogP contribution in [-0.4, -0.2) is 0 Å². The monoisotopic (exact) mass is 339 g/mol. The van der Waals surface area contributed by atoms with Crippen molar-refractivity contribution in [1.82, 2.24) is 0 Å². The van der Waals surface area contributed by atoms with Crippen LogP contribution in [0, 0.1) is 17.6 Å². The molecule has 0 unspecified atom stereocenters. The van der Waals surface area contributed by atoms with Gasteiger partial charge in [0.1, 0.15) is 5.40 Å². The van der Waals surface area contributed by atoms with Crippen molar-refractivity contribution < 1.29 is 0 Å². The molecule has 0 spiro atoms. The Labute approximate surface area is 125 Å². The molecule has 0 fully saturated rings. The highest BCUT2D eigenvalue weighted by Crippen LogP contribution is 2.37. The number of hydrogen-bond donors (Lipinski definition) is 0. The van der Waals surface area contributed by atoms with Gasteiger partial charge in [0.2, 0.25) is 0 Å². The molecule has 0 aliphatic heterocycles. The highest BCUT2D eigenvalue weighted by molar-refractivity contribution is 9.12. The van der Waals surface area contributed by atoms with Crippen molar-refractivity contribution >= 4 is 44.9 Å². The summed E-state index contributed by atoms with van der Waals surface area (Å²) in [6.45, 7) is 9.57. The van der Waals surface area contributed by atoms with Gasteiger partial charge in [-0.3, -0.25) is 0 Å². The fraction of sp³-hybridized carbons (Fsp3) is 0.0714. The molecule has 0 N–H and O–H groups in total. The second-order valence-corrected chi connectivity index (χ2v) is 5.69. The molecule has 1 aromatic rings. The second-order valence-electron chi connectivity index (χ2n) is 3.53. The van der Waals surface area contributed by atoms with Crippen molar-refractivity contribution in [3.05, 3.63) is 63.0 Å². The molecular formula is C14H11BrClNS. The van der Waals surface area contributed by atoms with Gasteiger partial charge >= 0.3 is 0 Å². The zero-order valence-corrected chi connectivity index (χ0v) is 13.0. The number of aryl methyl sites for hydroxylation is 1. The number of thioether (sulfide) groups is 1. The Morgan fingerprint density at radius 2 is 2.22 bits per heavy atom. The molecule has 0 saturated heterocycles. The lowest BCUT2D eigenvalue weighted by molar-refractivity contribution is 1.45. The molecule has 4 heteroatoms. The third-order valence-electron chi connectivity index (χ3n) is 2.26. The first kappa shape index (κ1) is 15.1. The van der Waals surface area contributed by atoms with Gasteiger partial charge in [0, 0.05) is 20.0 Å². The van der Waals surface area contributed by atoms with E-state index in [1.807, 2.05) is 30.5 Å². The van der Waals surface area contributed by atoms with E-state index < -0.39 is 0 Å². The van der Waals surface area contributed by atoms with Crippen molar-refractivity contribution in [2.24, 2.45) is 0 Å². The van der Waals surface area contributed by atoms with Crippen molar-refractivity contribution in [2.75, 3.05) is 0 Å². The van der Waals surface area contributed by atoms with E-state index in [9.17, 15) is 0 Å². The number of nitrogens with zero attached hydrogens (tertiary/aromatic N) is 1. The van der Waals surface area contributed by atoms with Crippen LogP contribution in [0.1, 0.15) is 11.1 Å². The maximum absolute atomic E-state index is 8.84. The van der Waals surface area contributed by atoms with Crippen LogP contribution in [0.4, 0.5) is 0 Å². The number of hydrogen-bond acceptors (Lipinski definition) is 2. The van der Waals surface area contributed by atoms with E-state index >= 15 is 0 Å². The molecule has 0 aromatic heterocycles. The molecule has 18 heavy (non-hydrogen) atoms. The first-order valence-electron chi connectivity index (χ1n) is 5.05. The van der Waals surface area contributed by atoms with Gasteiger partial charge in [0.05, 0.1) is 0 Å². The molecule has 0 saturated carbocycles. The molecule has 0 aliphatic carbocycles. The zero-order valence-electron chi connectivity index (χ0n) is 9.84. The van der Waals surface area contributed by atoms with Gasteiger partial charge in [-0.05, 0) is 35.9 Å². The van der Waals surface area contributed by atoms with Crippen LogP contribution >= 0.6 is 39.3 Å². The predicted octanol–water partition coefficient (Wildman–Crippen LogP) is 5.67. The Balaban J connectivity index is 3.48. The highest BCUT2D eigenvalue weighted by atomic mass is 79.9. The summed E-state index contributed by atoms with van der Waals surface area (Å²) in [6.07, 6.45) is 1.68. The minimum Gasteiger partial charge on any atom is -0.185 e. The van der Waals surface area contributed by atoms with E-state index in [4.69, 9.17) is 16.9 Å². The quantitative estimate of drug-likeness (QED) is 0.521. The third kappa shape index (κ3) is 3.52. The van der Waals surface area contributed by atoms with Crippen molar-refractivity contribution in [1.29, 1.82) is 5.26 Å². The summed E-state index contributed by atoms with van der Waals surface area (Å²) < 4.78 is 0.639. The van der Waals surface area contributed by atoms with Gasteiger partial charge in [-0.2, -0.15) is 5.26 Å². The lowest BCUT2D eigenvalue weighted by atomic mass is 10.0. The smallest absolute Gasteiger partial charge is 0.138 e. The van der Waals surface area contributed by atoms with E-state index in [0.29, 0.717) is 9.51 Å². The molecule has 0 aliphatic rings. The van der Waals surface area contributed by atoms with E-state index in [1.54, 1.807) is 6.08 Å². The molecule has 0 atom stereocenters. The van der Waals surface area contributed by atoms with Crippen LogP contribution in [0.3, 0.4) is 0 Å². The average Bonchev–Trinajstić information content (AvgIpc) is 2.31. The summed E-state index contributed by atoms with van der Waals surface area (Å²) in [7, 11) is 0. The topological polar surface area (TPSA) is 23.8 Å². The molecule has 1 rings (SSSR count). The van der Waals surface area contributed by atoms with Crippen LogP contribution in [0.5, 0.6) is 0 Å². The SMILES string of the molecule is C=C/C(=C(/SC#N)C(=C)Br)c1ccc(C)cc1Cl. The molecule has 0 radical (unpaired) electrons. The molecule has 0 amide bonds. The number of halogens is 2. The van der Waals surface area contributed by atoms with Crippen LogP contribution in [0.25, 0.3) is 5.57 Å². The van der Waals surface area contributed by atoms with Crippen molar-refractivity contribution in [3.63, 3.8) is 0 Å². The third-order valence-corrected chi connectivity index (χ3v) is 3.99. The number of nitriles is 1. The van der Waals surface area contributed by atoms with Gasteiger partial charge in [-0.15, -0.1) is 0 Å². The Kier molecular flexibility index (Phi) is 5.74. The average molecular weight is 341 g/mol. The molecule has 0 bridgehead atoms. The molecule has 1 nitrogen and oxygen atoms in total. The predicted molar refractivity (Wildman–Crippen MR) is 84.6 cm³/mol. The first-order chi connectivity index (χ1) is 8.51. The summed E-state index contributed by atoms with van der Waals surface area (Å²) in [5, 5.41) is 11.5. The second kappa shape index (κ2) is 6.84. The maximum atomic E-state index is 8.84. The van der Waals surface area contributed by atoms with Gasteiger partial charge in [0.15, 0.2) is 0 Å². The number of allylic oxidation sites excluding steroid dienone is 3. The summed E-state index contributed by atoms with van der Waals surface area (Å²) in [5.41, 5.74) is 2.73. The van der Waals surface area contributed by atoms with E-state index in [2.05, 4.69) is 29.1 Å². The lowest BCUT2D eigenvalue weighted by Gasteiger charge is -2.11. The van der Waals surface area contributed by atoms with Gasteiger partial charge < -0.3 is 0 Å². The fourth-order valence-electron chi connectivity index (χ4n) is 1.47. The molecular weight excluding hydrogens is 330 g/mol. The minimum atomic E-state index is 0.634. The van der Waals surface area contributed by atoms with Crippen LogP contribution in [-0.2, 0) is 0 Å². The summed E-state index contributed by atoms with van der Waals surface area (Å²) >= 11 is 10.6. The lowest BCUT2D eigenvalue weighted by Crippen LogP contribution is -1.89. The Morgan fingerprint density at radius 3 is 2.67 bits per heavy atom.